The molecule has 0 aliphatic rings. The number of carboxylic acid groups (broad SMARTS) is 1. The second-order valence-electron chi connectivity index (χ2n) is 5.14. The van der Waals surface area contributed by atoms with Gasteiger partial charge in [0.05, 0.1) is 20.6 Å². The lowest BCUT2D eigenvalue weighted by Crippen LogP contribution is -2.35. The van der Waals surface area contributed by atoms with Crippen LogP contribution in [0.5, 0.6) is 0 Å². The van der Waals surface area contributed by atoms with E-state index in [1.807, 2.05) is 0 Å². The lowest BCUT2D eigenvalue weighted by atomic mass is 10.0. The number of benzene rings is 1. The molecule has 24 heavy (non-hydrogen) atoms. The number of thiazole rings is 1. The maximum Gasteiger partial charge on any atom is 0.416 e. The minimum atomic E-state index is -4.38. The molecular formula is C15H14BrF3N2O2S. The van der Waals surface area contributed by atoms with Crippen LogP contribution in [-0.2, 0) is 19.0 Å². The SMILES string of the molecule is O=C(O)NC(CCc1ncc(Br)s1)Cc1ccc(C(F)(F)F)cc1. The third-order valence-electron chi connectivity index (χ3n) is 3.32. The van der Waals surface area contributed by atoms with E-state index in [1.165, 1.54) is 23.5 Å². The van der Waals surface area contributed by atoms with Crippen LogP contribution >= 0.6 is 27.3 Å². The van der Waals surface area contributed by atoms with Crippen LogP contribution in [0.2, 0.25) is 0 Å². The van der Waals surface area contributed by atoms with Crippen molar-refractivity contribution >= 4 is 33.4 Å². The molecule has 0 spiro atoms. The molecule has 0 fully saturated rings. The summed E-state index contributed by atoms with van der Waals surface area (Å²) in [6, 6.07) is 4.36. The fourth-order valence-corrected chi connectivity index (χ4v) is 3.53. The van der Waals surface area contributed by atoms with Gasteiger partial charge in [0.1, 0.15) is 0 Å². The fraction of sp³-hybridized carbons (Fsp3) is 0.333. The Morgan fingerprint density at radius 2 is 2.00 bits per heavy atom. The predicted octanol–water partition coefficient (Wildman–Crippen LogP) is 4.74. The van der Waals surface area contributed by atoms with Crippen LogP contribution in [0.3, 0.4) is 0 Å². The Labute approximate surface area is 148 Å². The van der Waals surface area contributed by atoms with Crippen molar-refractivity contribution in [3.63, 3.8) is 0 Å². The summed E-state index contributed by atoms with van der Waals surface area (Å²) in [5, 5.41) is 12.2. The monoisotopic (exact) mass is 422 g/mol. The second kappa shape index (κ2) is 7.98. The number of nitrogens with zero attached hydrogens (tertiary/aromatic N) is 1. The van der Waals surface area contributed by atoms with E-state index in [0.717, 1.165) is 20.9 Å². The molecule has 2 aromatic rings. The van der Waals surface area contributed by atoms with Gasteiger partial charge in [-0.3, -0.25) is 0 Å². The number of alkyl halides is 3. The van der Waals surface area contributed by atoms with Gasteiger partial charge in [0.25, 0.3) is 0 Å². The molecule has 1 unspecified atom stereocenters. The molecule has 1 atom stereocenters. The molecule has 4 nitrogen and oxygen atoms in total. The Bertz CT molecular complexity index is 689. The van der Waals surface area contributed by atoms with E-state index in [9.17, 15) is 18.0 Å². The van der Waals surface area contributed by atoms with Gasteiger partial charge < -0.3 is 10.4 Å². The quantitative estimate of drug-likeness (QED) is 0.706. The van der Waals surface area contributed by atoms with Gasteiger partial charge in [0, 0.05) is 12.5 Å². The zero-order chi connectivity index (χ0) is 17.7. The standard InChI is InChI=1S/C15H14BrF3N2O2S/c16-12-8-20-13(24-12)6-5-11(21-14(22)23)7-9-1-3-10(4-2-9)15(17,18)19/h1-4,8,11,21H,5-7H2,(H,22,23). The Kier molecular flexibility index (Phi) is 6.22. The topological polar surface area (TPSA) is 62.2 Å². The van der Waals surface area contributed by atoms with Crippen molar-refractivity contribution in [2.75, 3.05) is 0 Å². The molecule has 1 aromatic heterocycles. The summed E-state index contributed by atoms with van der Waals surface area (Å²) in [5.41, 5.74) is -0.0799. The number of amides is 1. The summed E-state index contributed by atoms with van der Waals surface area (Å²) in [6.45, 7) is 0. The molecule has 1 amide bonds. The molecule has 0 bridgehead atoms. The van der Waals surface area contributed by atoms with Crippen molar-refractivity contribution in [2.24, 2.45) is 0 Å². The maximum atomic E-state index is 12.6. The van der Waals surface area contributed by atoms with Crippen molar-refractivity contribution in [2.45, 2.75) is 31.5 Å². The molecule has 130 valence electrons. The molecule has 0 aliphatic carbocycles. The van der Waals surface area contributed by atoms with Gasteiger partial charge in [-0.15, -0.1) is 11.3 Å². The molecule has 0 saturated carbocycles. The van der Waals surface area contributed by atoms with Crippen LogP contribution in [0.4, 0.5) is 18.0 Å². The number of nitrogens with one attached hydrogen (secondary N) is 1. The first-order chi connectivity index (χ1) is 11.2. The van der Waals surface area contributed by atoms with Crippen molar-refractivity contribution in [1.82, 2.24) is 10.3 Å². The number of hydrogen-bond donors (Lipinski definition) is 2. The van der Waals surface area contributed by atoms with Crippen molar-refractivity contribution in [3.8, 4) is 0 Å². The number of halogens is 4. The molecule has 0 radical (unpaired) electrons. The molecule has 1 heterocycles. The number of aromatic nitrogens is 1. The Morgan fingerprint density at radius 1 is 1.33 bits per heavy atom. The van der Waals surface area contributed by atoms with Gasteiger partial charge in [-0.1, -0.05) is 12.1 Å². The van der Waals surface area contributed by atoms with Crippen molar-refractivity contribution in [1.29, 1.82) is 0 Å². The minimum absolute atomic E-state index is 0.316. The zero-order valence-corrected chi connectivity index (χ0v) is 14.7. The highest BCUT2D eigenvalue weighted by molar-refractivity contribution is 9.11. The lowest BCUT2D eigenvalue weighted by Gasteiger charge is -2.17. The van der Waals surface area contributed by atoms with E-state index < -0.39 is 23.9 Å². The Hall–Kier alpha value is -1.61. The highest BCUT2D eigenvalue weighted by atomic mass is 79.9. The Balaban J connectivity index is 2.01. The Morgan fingerprint density at radius 3 is 2.50 bits per heavy atom. The fourth-order valence-electron chi connectivity index (χ4n) is 2.22. The molecule has 2 rings (SSSR count). The van der Waals surface area contributed by atoms with Crippen LogP contribution in [0, 0.1) is 0 Å². The van der Waals surface area contributed by atoms with Gasteiger partial charge in [0.15, 0.2) is 0 Å². The normalized spacial score (nSPS) is 12.8. The maximum absolute atomic E-state index is 12.6. The van der Waals surface area contributed by atoms with E-state index >= 15 is 0 Å². The van der Waals surface area contributed by atoms with Crippen LogP contribution in [0.25, 0.3) is 0 Å². The average Bonchev–Trinajstić information content (AvgIpc) is 2.89. The van der Waals surface area contributed by atoms with Crippen LogP contribution in [-0.4, -0.2) is 22.2 Å². The number of aryl methyl sites for hydroxylation is 1. The average molecular weight is 423 g/mol. The van der Waals surface area contributed by atoms with E-state index in [1.54, 1.807) is 6.20 Å². The van der Waals surface area contributed by atoms with Crippen molar-refractivity contribution < 1.29 is 23.1 Å². The summed E-state index contributed by atoms with van der Waals surface area (Å²) in [6.07, 6.45) is -2.45. The second-order valence-corrected chi connectivity index (χ2v) is 7.64. The molecular weight excluding hydrogens is 409 g/mol. The van der Waals surface area contributed by atoms with Crippen LogP contribution < -0.4 is 5.32 Å². The van der Waals surface area contributed by atoms with Crippen LogP contribution in [0.15, 0.2) is 34.2 Å². The number of rotatable bonds is 6. The first kappa shape index (κ1) is 18.7. The van der Waals surface area contributed by atoms with Gasteiger partial charge in [-0.2, -0.15) is 13.2 Å². The molecule has 0 aliphatic heterocycles. The highest BCUT2D eigenvalue weighted by Gasteiger charge is 2.30. The summed E-state index contributed by atoms with van der Waals surface area (Å²) in [4.78, 5) is 15.1. The van der Waals surface area contributed by atoms with Crippen LogP contribution in [0.1, 0.15) is 22.6 Å². The third kappa shape index (κ3) is 5.79. The van der Waals surface area contributed by atoms with Gasteiger partial charge >= 0.3 is 12.3 Å². The van der Waals surface area contributed by atoms with E-state index in [0.29, 0.717) is 24.8 Å². The summed E-state index contributed by atoms with van der Waals surface area (Å²) in [5.74, 6) is 0. The molecule has 2 N–H and O–H groups in total. The predicted molar refractivity (Wildman–Crippen MR) is 88.2 cm³/mol. The lowest BCUT2D eigenvalue weighted by molar-refractivity contribution is -0.137. The van der Waals surface area contributed by atoms with Gasteiger partial charge in [0.2, 0.25) is 0 Å². The van der Waals surface area contributed by atoms with Crippen molar-refractivity contribution in [3.05, 3.63) is 50.4 Å². The largest absolute Gasteiger partial charge is 0.465 e. The smallest absolute Gasteiger partial charge is 0.416 e. The molecule has 1 aromatic carbocycles. The van der Waals surface area contributed by atoms with E-state index in [4.69, 9.17) is 5.11 Å². The van der Waals surface area contributed by atoms with E-state index in [-0.39, 0.29) is 0 Å². The van der Waals surface area contributed by atoms with Gasteiger partial charge in [-0.05, 0) is 46.5 Å². The minimum Gasteiger partial charge on any atom is -0.465 e. The number of hydrogen-bond acceptors (Lipinski definition) is 3. The summed E-state index contributed by atoms with van der Waals surface area (Å²) in [7, 11) is 0. The number of carbonyl (C=O) groups is 1. The van der Waals surface area contributed by atoms with E-state index in [2.05, 4.69) is 26.2 Å². The summed E-state index contributed by atoms with van der Waals surface area (Å²) < 4.78 is 38.6. The molecule has 0 saturated heterocycles. The zero-order valence-electron chi connectivity index (χ0n) is 12.3. The molecule has 9 heteroatoms. The first-order valence-corrected chi connectivity index (χ1v) is 8.61. The summed E-state index contributed by atoms with van der Waals surface area (Å²) >= 11 is 4.78. The highest BCUT2D eigenvalue weighted by Crippen LogP contribution is 2.29. The first-order valence-electron chi connectivity index (χ1n) is 7.00. The third-order valence-corrected chi connectivity index (χ3v) is 4.86. The van der Waals surface area contributed by atoms with Gasteiger partial charge in [-0.25, -0.2) is 9.78 Å².